The highest BCUT2D eigenvalue weighted by Gasteiger charge is 2.35. The number of nitrogens with one attached hydrogen (secondary N) is 1. The van der Waals surface area contributed by atoms with Gasteiger partial charge in [0.05, 0.1) is 11.1 Å². The van der Waals surface area contributed by atoms with Crippen LogP contribution in [0.3, 0.4) is 0 Å². The van der Waals surface area contributed by atoms with Gasteiger partial charge in [0, 0.05) is 17.6 Å². The van der Waals surface area contributed by atoms with Crippen molar-refractivity contribution < 1.29 is 23.1 Å². The monoisotopic (exact) mass is 339 g/mol. The molecule has 0 saturated heterocycles. The number of hydrogen-bond donors (Lipinski definition) is 2. The van der Waals surface area contributed by atoms with E-state index in [4.69, 9.17) is 5.11 Å². The van der Waals surface area contributed by atoms with Crippen LogP contribution in [-0.2, 0) is 6.18 Å². The normalized spacial score (nSPS) is 13.2. The van der Waals surface area contributed by atoms with Crippen molar-refractivity contribution in [2.45, 2.75) is 13.1 Å². The van der Waals surface area contributed by atoms with Gasteiger partial charge in [-0.3, -0.25) is 4.79 Å². The van der Waals surface area contributed by atoms with Crippen LogP contribution in [-0.4, -0.2) is 24.2 Å². The molecule has 106 valence electrons. The minimum atomic E-state index is -4.60. The van der Waals surface area contributed by atoms with Gasteiger partial charge in [-0.05, 0) is 24.1 Å². The molecule has 3 nitrogen and oxygen atoms in total. The Bertz CT molecular complexity index is 463. The van der Waals surface area contributed by atoms with Crippen molar-refractivity contribution in [2.24, 2.45) is 5.92 Å². The van der Waals surface area contributed by atoms with E-state index in [1.165, 1.54) is 6.07 Å². The summed E-state index contributed by atoms with van der Waals surface area (Å²) in [7, 11) is 0. The topological polar surface area (TPSA) is 49.3 Å². The molecular formula is C12H13BrF3NO2. The third kappa shape index (κ3) is 4.50. The maximum Gasteiger partial charge on any atom is 0.417 e. The van der Waals surface area contributed by atoms with Crippen LogP contribution >= 0.6 is 15.9 Å². The predicted molar refractivity (Wildman–Crippen MR) is 67.7 cm³/mol. The lowest BCUT2D eigenvalue weighted by Gasteiger charge is -2.14. The van der Waals surface area contributed by atoms with E-state index in [-0.39, 0.29) is 23.5 Å². The number of aliphatic hydroxyl groups is 1. The molecule has 7 heteroatoms. The third-order valence-electron chi connectivity index (χ3n) is 2.45. The zero-order valence-electron chi connectivity index (χ0n) is 10.1. The van der Waals surface area contributed by atoms with Gasteiger partial charge in [-0.1, -0.05) is 22.9 Å². The van der Waals surface area contributed by atoms with Gasteiger partial charge in [-0.2, -0.15) is 13.2 Å². The summed E-state index contributed by atoms with van der Waals surface area (Å²) >= 11 is 2.95. The first-order valence-electron chi connectivity index (χ1n) is 5.51. The lowest BCUT2D eigenvalue weighted by molar-refractivity contribution is -0.138. The van der Waals surface area contributed by atoms with E-state index in [1.54, 1.807) is 6.92 Å². The van der Waals surface area contributed by atoms with Crippen LogP contribution in [0.15, 0.2) is 22.7 Å². The molecule has 0 heterocycles. The average molecular weight is 340 g/mol. The number of carbonyl (C=O) groups is 1. The van der Waals surface area contributed by atoms with Gasteiger partial charge in [-0.15, -0.1) is 0 Å². The smallest absolute Gasteiger partial charge is 0.396 e. The molecule has 1 aromatic carbocycles. The first-order chi connectivity index (χ1) is 8.75. The van der Waals surface area contributed by atoms with Gasteiger partial charge in [0.2, 0.25) is 0 Å². The number of halogens is 4. The molecule has 19 heavy (non-hydrogen) atoms. The first kappa shape index (κ1) is 16.0. The highest BCUT2D eigenvalue weighted by molar-refractivity contribution is 9.10. The number of amides is 1. The van der Waals surface area contributed by atoms with Gasteiger partial charge in [-0.25, -0.2) is 0 Å². The highest BCUT2D eigenvalue weighted by Crippen LogP contribution is 2.33. The maximum absolute atomic E-state index is 12.8. The van der Waals surface area contributed by atoms with Crippen LogP contribution in [0.1, 0.15) is 22.8 Å². The van der Waals surface area contributed by atoms with E-state index in [2.05, 4.69) is 21.2 Å². The standard InChI is InChI=1S/C12H13BrF3NO2/c1-7(6-18)5-17-11(19)9-3-2-8(13)4-10(9)12(14,15)16/h2-4,7,18H,5-6H2,1H3,(H,17,19)/t7-/m0/s1. The van der Waals surface area contributed by atoms with Crippen molar-refractivity contribution in [1.29, 1.82) is 0 Å². The molecule has 0 radical (unpaired) electrons. The maximum atomic E-state index is 12.8. The minimum absolute atomic E-state index is 0.114. The fourth-order valence-electron chi connectivity index (χ4n) is 1.38. The minimum Gasteiger partial charge on any atom is -0.396 e. The van der Waals surface area contributed by atoms with Crippen LogP contribution in [0.25, 0.3) is 0 Å². The van der Waals surface area contributed by atoms with Crippen LogP contribution < -0.4 is 5.32 Å². The second-order valence-corrected chi connectivity index (χ2v) is 5.10. The van der Waals surface area contributed by atoms with Gasteiger partial charge >= 0.3 is 6.18 Å². The number of rotatable bonds is 4. The molecule has 1 rings (SSSR count). The average Bonchev–Trinajstić information content (AvgIpc) is 2.34. The summed E-state index contributed by atoms with van der Waals surface area (Å²) in [6.45, 7) is 1.64. The van der Waals surface area contributed by atoms with E-state index in [9.17, 15) is 18.0 Å². The van der Waals surface area contributed by atoms with Crippen molar-refractivity contribution in [3.05, 3.63) is 33.8 Å². The molecule has 0 bridgehead atoms. The Hall–Kier alpha value is -1.08. The van der Waals surface area contributed by atoms with E-state index in [0.29, 0.717) is 0 Å². The Balaban J connectivity index is 2.97. The van der Waals surface area contributed by atoms with E-state index < -0.39 is 23.2 Å². The van der Waals surface area contributed by atoms with Crippen molar-refractivity contribution in [3.63, 3.8) is 0 Å². The number of hydrogen-bond acceptors (Lipinski definition) is 2. The van der Waals surface area contributed by atoms with Gasteiger partial charge < -0.3 is 10.4 Å². The fourth-order valence-corrected chi connectivity index (χ4v) is 1.74. The first-order valence-corrected chi connectivity index (χ1v) is 6.30. The largest absolute Gasteiger partial charge is 0.417 e. The number of aliphatic hydroxyl groups excluding tert-OH is 1. The summed E-state index contributed by atoms with van der Waals surface area (Å²) in [6.07, 6.45) is -4.60. The molecule has 0 aromatic heterocycles. The van der Waals surface area contributed by atoms with Crippen molar-refractivity contribution >= 4 is 21.8 Å². The molecule has 2 N–H and O–H groups in total. The van der Waals surface area contributed by atoms with Crippen LogP contribution in [0.5, 0.6) is 0 Å². The zero-order chi connectivity index (χ0) is 14.6. The second-order valence-electron chi connectivity index (χ2n) is 4.19. The Morgan fingerprint density at radius 1 is 1.47 bits per heavy atom. The van der Waals surface area contributed by atoms with Gasteiger partial charge in [0.15, 0.2) is 0 Å². The van der Waals surface area contributed by atoms with E-state index in [0.717, 1.165) is 12.1 Å². The summed E-state index contributed by atoms with van der Waals surface area (Å²) in [6, 6.07) is 3.36. The Morgan fingerprint density at radius 3 is 2.63 bits per heavy atom. The summed E-state index contributed by atoms with van der Waals surface area (Å²) in [5, 5.41) is 11.2. The predicted octanol–water partition coefficient (Wildman–Crippen LogP) is 2.83. The Morgan fingerprint density at radius 2 is 2.11 bits per heavy atom. The third-order valence-corrected chi connectivity index (χ3v) is 2.95. The molecule has 0 aliphatic heterocycles. The Labute approximate surface area is 116 Å². The second kappa shape index (κ2) is 6.38. The molecular weight excluding hydrogens is 327 g/mol. The van der Waals surface area contributed by atoms with Gasteiger partial charge in [0.25, 0.3) is 5.91 Å². The summed E-state index contributed by atoms with van der Waals surface area (Å²) in [5.41, 5.74) is -1.42. The molecule has 1 atom stereocenters. The van der Waals surface area contributed by atoms with Gasteiger partial charge in [0.1, 0.15) is 0 Å². The van der Waals surface area contributed by atoms with Crippen LogP contribution in [0.4, 0.5) is 13.2 Å². The van der Waals surface area contributed by atoms with Crippen LogP contribution in [0.2, 0.25) is 0 Å². The molecule has 0 aliphatic carbocycles. The quantitative estimate of drug-likeness (QED) is 0.886. The summed E-state index contributed by atoms with van der Waals surface area (Å²) < 4.78 is 38.7. The molecule has 1 amide bonds. The van der Waals surface area contributed by atoms with Crippen molar-refractivity contribution in [1.82, 2.24) is 5.32 Å². The lowest BCUT2D eigenvalue weighted by Crippen LogP contribution is -2.31. The molecule has 1 aromatic rings. The highest BCUT2D eigenvalue weighted by atomic mass is 79.9. The molecule has 0 spiro atoms. The fraction of sp³-hybridized carbons (Fsp3) is 0.417. The van der Waals surface area contributed by atoms with E-state index in [1.807, 2.05) is 0 Å². The van der Waals surface area contributed by atoms with Crippen molar-refractivity contribution in [3.8, 4) is 0 Å². The Kier molecular flexibility index (Phi) is 5.37. The lowest BCUT2D eigenvalue weighted by atomic mass is 10.1. The SMILES string of the molecule is C[C@H](CO)CNC(=O)c1ccc(Br)cc1C(F)(F)F. The number of benzene rings is 1. The van der Waals surface area contributed by atoms with Crippen LogP contribution in [0, 0.1) is 5.92 Å². The summed E-state index contributed by atoms with van der Waals surface area (Å²) in [4.78, 5) is 11.7. The number of alkyl halides is 3. The number of carbonyl (C=O) groups excluding carboxylic acids is 1. The molecule has 0 unspecified atom stereocenters. The molecule has 0 saturated carbocycles. The van der Waals surface area contributed by atoms with E-state index >= 15 is 0 Å². The molecule has 0 fully saturated rings. The zero-order valence-corrected chi connectivity index (χ0v) is 11.7. The summed E-state index contributed by atoms with van der Waals surface area (Å²) in [5.74, 6) is -1.02. The van der Waals surface area contributed by atoms with Crippen molar-refractivity contribution in [2.75, 3.05) is 13.2 Å². The molecule has 0 aliphatic rings.